The summed E-state index contributed by atoms with van der Waals surface area (Å²) in [5.41, 5.74) is 6.82. The fraction of sp³-hybridized carbons (Fsp3) is 0.333. The monoisotopic (exact) mass is 592 g/mol. The van der Waals surface area contributed by atoms with Crippen molar-refractivity contribution in [3.05, 3.63) is 65.4 Å². The lowest BCUT2D eigenvalue weighted by molar-refractivity contribution is -0.143. The summed E-state index contributed by atoms with van der Waals surface area (Å²) in [5.74, 6) is -4.94. The molecule has 2 fully saturated rings. The maximum absolute atomic E-state index is 15.6. The number of nitrogen functional groups attached to an aromatic ring is 1. The van der Waals surface area contributed by atoms with Gasteiger partial charge in [0.2, 0.25) is 11.6 Å². The standard InChI is InChI=1S/C30H30F2N6O5/c1-38-9-8-35-28(38)18-12-17(37-25-15-3-2-14(10-15)23(25)30(40)41)5-7-21(18)42-26-19(31)13-36-29(24(26)32)43-22-11-16(27(33)34)4-6-20(22)39/h4-7,11-15,23,25,37,39H,2-3,8-10H2,1H3,(H3,33,34)(H,40,41). The Morgan fingerprint density at radius 2 is 1.93 bits per heavy atom. The zero-order valence-electron chi connectivity index (χ0n) is 23.2. The lowest BCUT2D eigenvalue weighted by atomic mass is 9.84. The number of rotatable bonds is 9. The van der Waals surface area contributed by atoms with Gasteiger partial charge < -0.3 is 35.6 Å². The van der Waals surface area contributed by atoms with Crippen LogP contribution in [0.5, 0.6) is 28.9 Å². The van der Waals surface area contributed by atoms with Gasteiger partial charge in [0, 0.05) is 30.9 Å². The number of aromatic hydroxyl groups is 1. The van der Waals surface area contributed by atoms with Crippen LogP contribution in [0.2, 0.25) is 0 Å². The van der Waals surface area contributed by atoms with Crippen LogP contribution in [-0.2, 0) is 4.79 Å². The van der Waals surface area contributed by atoms with Crippen molar-refractivity contribution < 1.29 is 33.3 Å². The van der Waals surface area contributed by atoms with Gasteiger partial charge in [-0.1, -0.05) is 0 Å². The average Bonchev–Trinajstić information content (AvgIpc) is 3.70. The molecule has 4 unspecified atom stereocenters. The smallest absolute Gasteiger partial charge is 0.308 e. The molecular formula is C30H30F2N6O5. The number of phenols is 1. The van der Waals surface area contributed by atoms with Crippen LogP contribution >= 0.6 is 0 Å². The number of carbonyl (C=O) groups is 1. The van der Waals surface area contributed by atoms with Crippen molar-refractivity contribution in [2.24, 2.45) is 28.5 Å². The number of aliphatic imine (C=N–C) groups is 1. The molecule has 3 aliphatic rings. The summed E-state index contributed by atoms with van der Waals surface area (Å²) in [5, 5.41) is 31.0. The summed E-state index contributed by atoms with van der Waals surface area (Å²) in [6, 6.07) is 8.59. The van der Waals surface area contributed by atoms with E-state index < -0.39 is 35.2 Å². The van der Waals surface area contributed by atoms with Gasteiger partial charge in [-0.2, -0.15) is 4.39 Å². The first-order valence-electron chi connectivity index (χ1n) is 13.9. The number of halogens is 2. The third-order valence-electron chi connectivity index (χ3n) is 8.40. The van der Waals surface area contributed by atoms with E-state index >= 15 is 4.39 Å². The largest absolute Gasteiger partial charge is 0.504 e. The van der Waals surface area contributed by atoms with E-state index in [9.17, 15) is 19.4 Å². The van der Waals surface area contributed by atoms with Gasteiger partial charge in [-0.05, 0) is 67.5 Å². The number of nitrogens with zero attached hydrogens (tertiary/aromatic N) is 3. The van der Waals surface area contributed by atoms with Gasteiger partial charge in [0.05, 0.1) is 24.2 Å². The molecule has 6 rings (SSSR count). The molecule has 11 nitrogen and oxygen atoms in total. The molecule has 0 saturated heterocycles. The Hall–Kier alpha value is -4.94. The van der Waals surface area contributed by atoms with Crippen LogP contribution in [0.1, 0.15) is 30.4 Å². The van der Waals surface area contributed by atoms with E-state index in [1.165, 1.54) is 18.2 Å². The number of hydrogen-bond acceptors (Lipinski definition) is 9. The SMILES string of the molecule is CN1CCN=C1c1cc(NC2C3CCC(C3)C2C(=O)O)ccc1Oc1c(F)cnc(Oc2cc(C(=N)N)ccc2O)c1F. The van der Waals surface area contributed by atoms with E-state index in [4.69, 9.17) is 20.6 Å². The third kappa shape index (κ3) is 5.26. The molecule has 2 aliphatic carbocycles. The van der Waals surface area contributed by atoms with Gasteiger partial charge in [0.15, 0.2) is 17.3 Å². The van der Waals surface area contributed by atoms with Gasteiger partial charge in [0.25, 0.3) is 5.88 Å². The number of likely N-dealkylation sites (N-methyl/N-ethyl adjacent to an activating group) is 1. The molecule has 2 saturated carbocycles. The number of phenolic OH excluding ortho intramolecular Hbond substituents is 1. The molecule has 0 amide bonds. The lowest BCUT2D eigenvalue weighted by Gasteiger charge is -2.30. The van der Waals surface area contributed by atoms with E-state index in [0.29, 0.717) is 30.2 Å². The van der Waals surface area contributed by atoms with E-state index in [2.05, 4.69) is 15.3 Å². The molecule has 2 aromatic carbocycles. The Bertz CT molecular complexity index is 1650. The number of aliphatic carboxylic acids is 1. The molecule has 13 heteroatoms. The van der Waals surface area contributed by atoms with Crippen molar-refractivity contribution in [2.45, 2.75) is 25.3 Å². The molecule has 2 heterocycles. The minimum absolute atomic E-state index is 0.108. The number of carboxylic acids is 1. The number of benzene rings is 2. The summed E-state index contributed by atoms with van der Waals surface area (Å²) >= 11 is 0. The van der Waals surface area contributed by atoms with Crippen LogP contribution in [-0.4, -0.2) is 63.9 Å². The van der Waals surface area contributed by atoms with Crippen molar-refractivity contribution in [3.63, 3.8) is 0 Å². The Balaban J connectivity index is 1.33. The maximum atomic E-state index is 15.6. The fourth-order valence-corrected chi connectivity index (χ4v) is 6.33. The Morgan fingerprint density at radius 1 is 1.14 bits per heavy atom. The number of fused-ring (bicyclic) bond motifs is 2. The topological polar surface area (TPSA) is 166 Å². The number of nitrogens with one attached hydrogen (secondary N) is 2. The molecule has 1 aromatic heterocycles. The second kappa shape index (κ2) is 11.0. The van der Waals surface area contributed by atoms with Gasteiger partial charge in [0.1, 0.15) is 17.4 Å². The molecule has 2 bridgehead atoms. The highest BCUT2D eigenvalue weighted by Gasteiger charge is 2.51. The zero-order valence-corrected chi connectivity index (χ0v) is 23.2. The fourth-order valence-electron chi connectivity index (χ4n) is 6.33. The Labute approximate surface area is 245 Å². The highest BCUT2D eigenvalue weighted by molar-refractivity contribution is 6.03. The number of nitrogens with two attached hydrogens (primary N) is 1. The third-order valence-corrected chi connectivity index (χ3v) is 8.40. The second-order valence-electron chi connectivity index (χ2n) is 11.1. The Morgan fingerprint density at radius 3 is 2.65 bits per heavy atom. The first kappa shape index (κ1) is 28.2. The van der Waals surface area contributed by atoms with Crippen LogP contribution in [0.4, 0.5) is 14.5 Å². The molecule has 0 spiro atoms. The van der Waals surface area contributed by atoms with Crippen LogP contribution in [0.15, 0.2) is 47.6 Å². The number of carboxylic acid groups (broad SMARTS) is 1. The van der Waals surface area contributed by atoms with Crippen LogP contribution < -0.4 is 20.5 Å². The predicted octanol–water partition coefficient (Wildman–Crippen LogP) is 4.54. The molecule has 6 N–H and O–H groups in total. The van der Waals surface area contributed by atoms with E-state index in [0.717, 1.165) is 25.5 Å². The molecule has 3 aromatic rings. The van der Waals surface area contributed by atoms with Crippen LogP contribution in [0.25, 0.3) is 0 Å². The van der Waals surface area contributed by atoms with Gasteiger partial charge in [-0.25, -0.2) is 9.37 Å². The molecule has 224 valence electrons. The van der Waals surface area contributed by atoms with Crippen molar-refractivity contribution >= 4 is 23.3 Å². The normalized spacial score (nSPS) is 22.4. The second-order valence-corrected chi connectivity index (χ2v) is 11.1. The summed E-state index contributed by atoms with van der Waals surface area (Å²) in [6.45, 7) is 1.16. The van der Waals surface area contributed by atoms with Crippen molar-refractivity contribution in [1.82, 2.24) is 9.88 Å². The molecule has 0 radical (unpaired) electrons. The van der Waals surface area contributed by atoms with Crippen molar-refractivity contribution in [2.75, 3.05) is 25.5 Å². The van der Waals surface area contributed by atoms with Crippen LogP contribution in [0, 0.1) is 34.8 Å². The van der Waals surface area contributed by atoms with Crippen molar-refractivity contribution in [3.8, 4) is 28.9 Å². The van der Waals surface area contributed by atoms with Gasteiger partial charge in [-0.3, -0.25) is 15.2 Å². The number of hydrogen-bond donors (Lipinski definition) is 5. The van der Waals surface area contributed by atoms with E-state index in [1.54, 1.807) is 18.2 Å². The quantitative estimate of drug-likeness (QED) is 0.177. The molecule has 4 atom stereocenters. The number of ether oxygens (including phenoxy) is 2. The maximum Gasteiger partial charge on any atom is 0.308 e. The van der Waals surface area contributed by atoms with Gasteiger partial charge >= 0.3 is 5.97 Å². The first-order valence-corrected chi connectivity index (χ1v) is 13.9. The number of pyridine rings is 1. The molecular weight excluding hydrogens is 562 g/mol. The highest BCUT2D eigenvalue weighted by atomic mass is 19.1. The predicted molar refractivity (Wildman–Crippen MR) is 153 cm³/mol. The zero-order chi connectivity index (χ0) is 30.4. The summed E-state index contributed by atoms with van der Waals surface area (Å²) in [6.07, 6.45) is 3.49. The minimum atomic E-state index is -1.26. The van der Waals surface area contributed by atoms with E-state index in [-0.39, 0.29) is 46.5 Å². The number of anilines is 1. The summed E-state index contributed by atoms with van der Waals surface area (Å²) in [4.78, 5) is 22.2. The number of amidine groups is 2. The number of aromatic nitrogens is 1. The summed E-state index contributed by atoms with van der Waals surface area (Å²) < 4.78 is 41.8. The first-order chi connectivity index (χ1) is 20.6. The average molecular weight is 593 g/mol. The van der Waals surface area contributed by atoms with Crippen molar-refractivity contribution in [1.29, 1.82) is 5.41 Å². The van der Waals surface area contributed by atoms with E-state index in [1.807, 2.05) is 11.9 Å². The van der Waals surface area contributed by atoms with Gasteiger partial charge in [-0.15, -0.1) is 0 Å². The lowest BCUT2D eigenvalue weighted by Crippen LogP contribution is -2.39. The highest BCUT2D eigenvalue weighted by Crippen LogP contribution is 2.50. The summed E-state index contributed by atoms with van der Waals surface area (Å²) in [7, 11) is 1.84. The van der Waals surface area contributed by atoms with Crippen LogP contribution in [0.3, 0.4) is 0 Å². The minimum Gasteiger partial charge on any atom is -0.504 e. The molecule has 1 aliphatic heterocycles. The Kier molecular flexibility index (Phi) is 7.24. The molecule has 43 heavy (non-hydrogen) atoms.